The number of nitrogens with one attached hydrogen (secondary N) is 1. The molecule has 2 aromatic rings. The predicted molar refractivity (Wildman–Crippen MR) is 93.2 cm³/mol. The van der Waals surface area contributed by atoms with Crippen LogP contribution in [0.4, 0.5) is 0 Å². The number of para-hydroxylation sites is 1. The molecule has 0 saturated carbocycles. The van der Waals surface area contributed by atoms with Gasteiger partial charge in [-0.15, -0.1) is 0 Å². The molecule has 1 N–H and O–H groups in total. The Bertz CT molecular complexity index is 736. The zero-order valence-corrected chi connectivity index (χ0v) is 14.6. The summed E-state index contributed by atoms with van der Waals surface area (Å²) in [5.74, 6) is 0.864. The third kappa shape index (κ3) is 3.30. The largest absolute Gasteiger partial charge is 0.492 e. The van der Waals surface area contributed by atoms with E-state index in [0.29, 0.717) is 13.2 Å². The third-order valence-electron chi connectivity index (χ3n) is 4.75. The zero-order chi connectivity index (χ0) is 17.1. The van der Waals surface area contributed by atoms with E-state index >= 15 is 0 Å². The summed E-state index contributed by atoms with van der Waals surface area (Å²) in [6.45, 7) is 8.17. The second-order valence-corrected chi connectivity index (χ2v) is 6.33. The number of ether oxygens (including phenoxy) is 1. The van der Waals surface area contributed by atoms with E-state index in [1.807, 2.05) is 35.9 Å². The van der Waals surface area contributed by atoms with E-state index in [4.69, 9.17) is 4.74 Å². The van der Waals surface area contributed by atoms with Crippen molar-refractivity contribution in [2.75, 3.05) is 13.2 Å². The number of hydrogen-bond donors (Lipinski definition) is 1. The normalized spacial score (nSPS) is 16.4. The van der Waals surface area contributed by atoms with E-state index in [2.05, 4.69) is 24.3 Å². The van der Waals surface area contributed by atoms with E-state index in [-0.39, 0.29) is 11.8 Å². The Hall–Kier alpha value is -2.30. The number of aryl methyl sites for hydroxylation is 2. The van der Waals surface area contributed by atoms with Crippen LogP contribution in [-0.2, 0) is 24.2 Å². The van der Waals surface area contributed by atoms with Gasteiger partial charge in [0.15, 0.2) is 0 Å². The fourth-order valence-corrected chi connectivity index (χ4v) is 3.36. The molecule has 0 bridgehead atoms. The lowest BCUT2D eigenvalue weighted by atomic mass is 9.96. The van der Waals surface area contributed by atoms with Crippen LogP contribution in [0.2, 0.25) is 0 Å². The molecule has 1 aliphatic rings. The number of hydrogen-bond acceptors (Lipinski definition) is 3. The molecule has 0 spiro atoms. The highest BCUT2D eigenvalue weighted by Gasteiger charge is 2.25. The minimum absolute atomic E-state index is 0.0719. The number of nitrogens with zero attached hydrogens (tertiary/aromatic N) is 2. The van der Waals surface area contributed by atoms with Crippen LogP contribution in [0.15, 0.2) is 24.3 Å². The van der Waals surface area contributed by atoms with Gasteiger partial charge >= 0.3 is 0 Å². The minimum atomic E-state index is -0.111. The van der Waals surface area contributed by atoms with Crippen molar-refractivity contribution in [2.45, 2.75) is 40.2 Å². The van der Waals surface area contributed by atoms with Crippen molar-refractivity contribution in [1.82, 2.24) is 15.1 Å². The highest BCUT2D eigenvalue weighted by molar-refractivity contribution is 5.79. The van der Waals surface area contributed by atoms with Crippen LogP contribution < -0.4 is 10.1 Å². The molecule has 5 heteroatoms. The lowest BCUT2D eigenvalue weighted by molar-refractivity contribution is -0.126. The number of fused-ring (bicyclic) bond motifs is 1. The number of carbonyl (C=O) groups excluding carboxylic acids is 1. The summed E-state index contributed by atoms with van der Waals surface area (Å²) in [5, 5.41) is 7.58. The van der Waals surface area contributed by atoms with E-state index in [9.17, 15) is 4.79 Å². The molecule has 0 saturated heterocycles. The number of aromatic nitrogens is 2. The summed E-state index contributed by atoms with van der Waals surface area (Å²) in [7, 11) is 0. The number of carbonyl (C=O) groups is 1. The predicted octanol–water partition coefficient (Wildman–Crippen LogP) is 2.43. The van der Waals surface area contributed by atoms with Crippen molar-refractivity contribution >= 4 is 5.91 Å². The van der Waals surface area contributed by atoms with Crippen LogP contribution in [0.25, 0.3) is 0 Å². The van der Waals surface area contributed by atoms with Crippen molar-refractivity contribution in [1.29, 1.82) is 0 Å². The summed E-state index contributed by atoms with van der Waals surface area (Å²) in [4.78, 5) is 12.4. The van der Waals surface area contributed by atoms with Crippen molar-refractivity contribution in [3.8, 4) is 5.75 Å². The average Bonchev–Trinajstić information content (AvgIpc) is 2.88. The quantitative estimate of drug-likeness (QED) is 0.917. The fraction of sp³-hybridized carbons (Fsp3) is 0.474. The molecule has 3 rings (SSSR count). The van der Waals surface area contributed by atoms with Gasteiger partial charge in [0.25, 0.3) is 0 Å². The summed E-state index contributed by atoms with van der Waals surface area (Å²) in [6, 6.07) is 7.93. The Morgan fingerprint density at radius 3 is 2.92 bits per heavy atom. The highest BCUT2D eigenvalue weighted by atomic mass is 16.5. The lowest BCUT2D eigenvalue weighted by Gasteiger charge is -2.24. The Kier molecular flexibility index (Phi) is 4.88. The molecule has 5 nitrogen and oxygen atoms in total. The summed E-state index contributed by atoms with van der Waals surface area (Å²) >= 11 is 0. The topological polar surface area (TPSA) is 56.2 Å². The van der Waals surface area contributed by atoms with E-state index in [1.165, 1.54) is 11.3 Å². The summed E-state index contributed by atoms with van der Waals surface area (Å²) in [5.41, 5.74) is 4.60. The zero-order valence-electron chi connectivity index (χ0n) is 14.6. The van der Waals surface area contributed by atoms with Gasteiger partial charge < -0.3 is 10.1 Å². The van der Waals surface area contributed by atoms with Crippen molar-refractivity contribution in [3.63, 3.8) is 0 Å². The first kappa shape index (κ1) is 16.6. The van der Waals surface area contributed by atoms with Gasteiger partial charge in [-0.25, -0.2) is 0 Å². The van der Waals surface area contributed by atoms with Crippen molar-refractivity contribution in [3.05, 3.63) is 46.8 Å². The van der Waals surface area contributed by atoms with Crippen LogP contribution in [0.3, 0.4) is 0 Å². The third-order valence-corrected chi connectivity index (χ3v) is 4.75. The molecule has 1 unspecified atom stereocenters. The van der Waals surface area contributed by atoms with E-state index in [1.54, 1.807) is 0 Å². The van der Waals surface area contributed by atoms with E-state index < -0.39 is 0 Å². The molecule has 1 atom stereocenters. The smallest absolute Gasteiger partial charge is 0.226 e. The van der Waals surface area contributed by atoms with Gasteiger partial charge in [0.1, 0.15) is 12.4 Å². The maximum absolute atomic E-state index is 12.4. The summed E-state index contributed by atoms with van der Waals surface area (Å²) in [6.07, 6.45) is 1.56. The fourth-order valence-electron chi connectivity index (χ4n) is 3.36. The second-order valence-electron chi connectivity index (χ2n) is 6.33. The minimum Gasteiger partial charge on any atom is -0.492 e. The first-order valence-corrected chi connectivity index (χ1v) is 8.61. The maximum Gasteiger partial charge on any atom is 0.226 e. The highest BCUT2D eigenvalue weighted by Crippen LogP contribution is 2.26. The standard InChI is InChI=1S/C19H25N3O2/c1-4-22-14(3)17(13(2)21-22)9-10-20-19(23)16-11-15-7-5-6-8-18(15)24-12-16/h5-8,16H,4,9-12H2,1-3H3,(H,20,23). The number of rotatable bonds is 5. The Morgan fingerprint density at radius 2 is 2.17 bits per heavy atom. The molecule has 0 aliphatic carbocycles. The molecule has 0 radical (unpaired) electrons. The van der Waals surface area contributed by atoms with Crippen molar-refractivity contribution in [2.24, 2.45) is 5.92 Å². The second kappa shape index (κ2) is 7.07. The Morgan fingerprint density at radius 1 is 1.38 bits per heavy atom. The van der Waals surface area contributed by atoms with Crippen LogP contribution in [0, 0.1) is 19.8 Å². The molecule has 1 aliphatic heterocycles. The summed E-state index contributed by atoms with van der Waals surface area (Å²) < 4.78 is 7.72. The molecule has 0 fully saturated rings. The van der Waals surface area contributed by atoms with Gasteiger partial charge in [0, 0.05) is 18.8 Å². The number of benzene rings is 1. The SMILES string of the molecule is CCn1nc(C)c(CCNC(=O)C2COc3ccccc3C2)c1C. The maximum atomic E-state index is 12.4. The van der Waals surface area contributed by atoms with Gasteiger partial charge in [-0.2, -0.15) is 5.10 Å². The first-order chi connectivity index (χ1) is 11.6. The van der Waals surface area contributed by atoms with Gasteiger partial charge in [-0.1, -0.05) is 18.2 Å². The monoisotopic (exact) mass is 327 g/mol. The molecule has 1 aromatic carbocycles. The molecule has 2 heterocycles. The van der Waals surface area contributed by atoms with Gasteiger partial charge in [0.05, 0.1) is 11.6 Å². The van der Waals surface area contributed by atoms with Crippen LogP contribution in [0.1, 0.15) is 29.4 Å². The first-order valence-electron chi connectivity index (χ1n) is 8.61. The van der Waals surface area contributed by atoms with Crippen LogP contribution in [0.5, 0.6) is 5.75 Å². The lowest BCUT2D eigenvalue weighted by Crippen LogP contribution is -2.38. The molecule has 24 heavy (non-hydrogen) atoms. The van der Waals surface area contributed by atoms with Gasteiger partial charge in [-0.3, -0.25) is 9.48 Å². The average molecular weight is 327 g/mol. The van der Waals surface area contributed by atoms with Crippen molar-refractivity contribution < 1.29 is 9.53 Å². The molecular formula is C19H25N3O2. The van der Waals surface area contributed by atoms with Gasteiger partial charge in [-0.05, 0) is 50.8 Å². The van der Waals surface area contributed by atoms with Gasteiger partial charge in [0.2, 0.25) is 5.91 Å². The van der Waals surface area contributed by atoms with E-state index in [0.717, 1.165) is 36.4 Å². The molecule has 1 aromatic heterocycles. The number of amides is 1. The molecule has 1 amide bonds. The Labute approximate surface area is 143 Å². The van der Waals surface area contributed by atoms with Crippen LogP contribution >= 0.6 is 0 Å². The molecule has 128 valence electrons. The molecular weight excluding hydrogens is 302 g/mol. The Balaban J connectivity index is 1.54. The van der Waals surface area contributed by atoms with Crippen LogP contribution in [-0.4, -0.2) is 28.8 Å².